The summed E-state index contributed by atoms with van der Waals surface area (Å²) in [4.78, 5) is 3.81. The Bertz CT molecular complexity index is 443. The van der Waals surface area contributed by atoms with Crippen LogP contribution in [-0.2, 0) is 6.54 Å². The molecular formula is C10H8Cl2N2O. The monoisotopic (exact) mass is 242 g/mol. The Morgan fingerprint density at radius 1 is 1.33 bits per heavy atom. The molecule has 15 heavy (non-hydrogen) atoms. The molecule has 0 amide bonds. The topological polar surface area (TPSA) is 38.1 Å². The fourth-order valence-corrected chi connectivity index (χ4v) is 1.50. The molecule has 0 aliphatic heterocycles. The van der Waals surface area contributed by atoms with Crippen LogP contribution in [0.2, 0.25) is 10.0 Å². The quantitative estimate of drug-likeness (QED) is 0.894. The van der Waals surface area contributed by atoms with Crippen molar-refractivity contribution in [3.05, 3.63) is 46.6 Å². The van der Waals surface area contributed by atoms with Crippen LogP contribution in [0.1, 0.15) is 5.76 Å². The average molecular weight is 243 g/mol. The van der Waals surface area contributed by atoms with E-state index in [1.807, 2.05) is 0 Å². The molecule has 0 saturated carbocycles. The molecule has 0 aliphatic carbocycles. The van der Waals surface area contributed by atoms with E-state index in [9.17, 15) is 0 Å². The smallest absolute Gasteiger partial charge is 0.180 e. The summed E-state index contributed by atoms with van der Waals surface area (Å²) in [5.41, 5.74) is 0.778. The van der Waals surface area contributed by atoms with E-state index in [4.69, 9.17) is 27.6 Å². The summed E-state index contributed by atoms with van der Waals surface area (Å²) in [6, 6.07) is 5.25. The van der Waals surface area contributed by atoms with Gasteiger partial charge in [-0.05, 0) is 18.2 Å². The number of nitrogens with zero attached hydrogens (tertiary/aromatic N) is 1. The first-order valence-electron chi connectivity index (χ1n) is 4.32. The normalized spacial score (nSPS) is 10.3. The van der Waals surface area contributed by atoms with Gasteiger partial charge >= 0.3 is 0 Å². The zero-order valence-corrected chi connectivity index (χ0v) is 9.22. The number of benzene rings is 1. The number of nitrogens with one attached hydrogen (secondary N) is 1. The van der Waals surface area contributed by atoms with E-state index in [1.165, 1.54) is 6.39 Å². The predicted molar refractivity (Wildman–Crippen MR) is 60.3 cm³/mol. The SMILES string of the molecule is Clc1ccc(Cl)c(NCc2cnco2)c1. The molecule has 5 heteroatoms. The minimum Gasteiger partial charge on any atom is -0.447 e. The highest BCUT2D eigenvalue weighted by Crippen LogP contribution is 2.25. The van der Waals surface area contributed by atoms with Crippen LogP contribution < -0.4 is 5.32 Å². The summed E-state index contributed by atoms with van der Waals surface area (Å²) in [6.07, 6.45) is 3.03. The molecule has 2 rings (SSSR count). The van der Waals surface area contributed by atoms with E-state index >= 15 is 0 Å². The summed E-state index contributed by atoms with van der Waals surface area (Å²) < 4.78 is 5.08. The van der Waals surface area contributed by atoms with E-state index < -0.39 is 0 Å². The van der Waals surface area contributed by atoms with Crippen molar-refractivity contribution in [3.8, 4) is 0 Å². The van der Waals surface area contributed by atoms with Crippen LogP contribution in [0.4, 0.5) is 5.69 Å². The van der Waals surface area contributed by atoms with Crippen molar-refractivity contribution < 1.29 is 4.42 Å². The Hall–Kier alpha value is -1.19. The van der Waals surface area contributed by atoms with Gasteiger partial charge in [-0.25, -0.2) is 4.98 Å². The van der Waals surface area contributed by atoms with Gasteiger partial charge in [0.05, 0.1) is 23.5 Å². The lowest BCUT2D eigenvalue weighted by Crippen LogP contribution is -1.98. The maximum absolute atomic E-state index is 5.97. The predicted octanol–water partition coefficient (Wildman–Crippen LogP) is 3.59. The maximum Gasteiger partial charge on any atom is 0.180 e. The number of halogens is 2. The Labute approximate surface area is 97.0 Å². The summed E-state index contributed by atoms with van der Waals surface area (Å²) in [6.45, 7) is 0.528. The van der Waals surface area contributed by atoms with Gasteiger partial charge in [-0.1, -0.05) is 23.2 Å². The van der Waals surface area contributed by atoms with Gasteiger partial charge in [0.2, 0.25) is 0 Å². The van der Waals surface area contributed by atoms with Crippen molar-refractivity contribution in [1.82, 2.24) is 4.98 Å². The molecule has 0 unspecified atom stereocenters. The lowest BCUT2D eigenvalue weighted by atomic mass is 10.3. The van der Waals surface area contributed by atoms with Crippen molar-refractivity contribution in [3.63, 3.8) is 0 Å². The van der Waals surface area contributed by atoms with Crippen LogP contribution in [-0.4, -0.2) is 4.98 Å². The molecule has 0 saturated heterocycles. The summed E-state index contributed by atoms with van der Waals surface area (Å²) >= 11 is 11.8. The second-order valence-electron chi connectivity index (χ2n) is 2.95. The maximum atomic E-state index is 5.97. The molecule has 78 valence electrons. The molecule has 3 nitrogen and oxygen atoms in total. The summed E-state index contributed by atoms with van der Waals surface area (Å²) in [5.74, 6) is 0.742. The number of hydrogen-bond acceptors (Lipinski definition) is 3. The fourth-order valence-electron chi connectivity index (χ4n) is 1.14. The molecule has 1 aromatic carbocycles. The van der Waals surface area contributed by atoms with Crippen molar-refractivity contribution in [2.75, 3.05) is 5.32 Å². The second-order valence-corrected chi connectivity index (χ2v) is 3.79. The van der Waals surface area contributed by atoms with Crippen molar-refractivity contribution in [2.24, 2.45) is 0 Å². The Balaban J connectivity index is 2.07. The van der Waals surface area contributed by atoms with Gasteiger partial charge in [0.15, 0.2) is 6.39 Å². The molecule has 0 spiro atoms. The zero-order chi connectivity index (χ0) is 10.7. The molecule has 1 aromatic heterocycles. The third-order valence-electron chi connectivity index (χ3n) is 1.86. The van der Waals surface area contributed by atoms with Crippen molar-refractivity contribution >= 4 is 28.9 Å². The number of aromatic nitrogens is 1. The Morgan fingerprint density at radius 3 is 2.93 bits per heavy atom. The third kappa shape index (κ3) is 2.64. The fraction of sp³-hybridized carbons (Fsp3) is 0.100. The van der Waals surface area contributed by atoms with E-state index in [1.54, 1.807) is 24.4 Å². The molecule has 0 fully saturated rings. The Kier molecular flexibility index (Phi) is 3.14. The number of anilines is 1. The highest BCUT2D eigenvalue weighted by atomic mass is 35.5. The van der Waals surface area contributed by atoms with Crippen molar-refractivity contribution in [1.29, 1.82) is 0 Å². The second kappa shape index (κ2) is 4.55. The van der Waals surface area contributed by atoms with Gasteiger partial charge in [-0.15, -0.1) is 0 Å². The first kappa shape index (κ1) is 10.3. The van der Waals surface area contributed by atoms with E-state index in [2.05, 4.69) is 10.3 Å². The lowest BCUT2D eigenvalue weighted by molar-refractivity contribution is 0.512. The largest absolute Gasteiger partial charge is 0.447 e. The summed E-state index contributed by atoms with van der Waals surface area (Å²) in [7, 11) is 0. The first-order valence-corrected chi connectivity index (χ1v) is 5.07. The summed E-state index contributed by atoms with van der Waals surface area (Å²) in [5, 5.41) is 4.37. The third-order valence-corrected chi connectivity index (χ3v) is 2.43. The molecule has 1 N–H and O–H groups in total. The molecule has 1 heterocycles. The van der Waals surface area contributed by atoms with Crippen LogP contribution in [0, 0.1) is 0 Å². The average Bonchev–Trinajstić information content (AvgIpc) is 2.72. The van der Waals surface area contributed by atoms with E-state index in [-0.39, 0.29) is 0 Å². The minimum atomic E-state index is 0.528. The van der Waals surface area contributed by atoms with Crippen LogP contribution in [0.15, 0.2) is 35.2 Å². The highest BCUT2D eigenvalue weighted by molar-refractivity contribution is 6.35. The molecule has 0 radical (unpaired) electrons. The zero-order valence-electron chi connectivity index (χ0n) is 7.71. The van der Waals surface area contributed by atoms with E-state index in [0.29, 0.717) is 16.6 Å². The number of hydrogen-bond donors (Lipinski definition) is 1. The van der Waals surface area contributed by atoms with Gasteiger partial charge in [0.25, 0.3) is 0 Å². The molecule has 0 atom stereocenters. The van der Waals surface area contributed by atoms with Gasteiger partial charge in [0.1, 0.15) is 5.76 Å². The molecule has 2 aromatic rings. The van der Waals surface area contributed by atoms with Gasteiger partial charge in [-0.3, -0.25) is 0 Å². The van der Waals surface area contributed by atoms with Gasteiger partial charge in [0, 0.05) is 5.02 Å². The van der Waals surface area contributed by atoms with Crippen LogP contribution in [0.25, 0.3) is 0 Å². The molecular weight excluding hydrogens is 235 g/mol. The van der Waals surface area contributed by atoms with E-state index in [0.717, 1.165) is 11.4 Å². The number of rotatable bonds is 3. The lowest BCUT2D eigenvalue weighted by Gasteiger charge is -2.06. The van der Waals surface area contributed by atoms with Crippen molar-refractivity contribution in [2.45, 2.75) is 6.54 Å². The van der Waals surface area contributed by atoms with Crippen LogP contribution >= 0.6 is 23.2 Å². The van der Waals surface area contributed by atoms with Gasteiger partial charge in [-0.2, -0.15) is 0 Å². The highest BCUT2D eigenvalue weighted by Gasteiger charge is 2.02. The standard InChI is InChI=1S/C10H8Cl2N2O/c11-7-1-2-9(12)10(3-7)14-5-8-4-13-6-15-8/h1-4,6,14H,5H2. The van der Waals surface area contributed by atoms with Crippen LogP contribution in [0.5, 0.6) is 0 Å². The molecule has 0 bridgehead atoms. The van der Waals surface area contributed by atoms with Gasteiger partial charge < -0.3 is 9.73 Å². The minimum absolute atomic E-state index is 0.528. The molecule has 0 aliphatic rings. The first-order chi connectivity index (χ1) is 7.25. The van der Waals surface area contributed by atoms with Crippen LogP contribution in [0.3, 0.4) is 0 Å². The number of oxazole rings is 1. The Morgan fingerprint density at radius 2 is 2.20 bits per heavy atom.